The maximum atomic E-state index is 12.9. The summed E-state index contributed by atoms with van der Waals surface area (Å²) in [5, 5.41) is 26.5. The molecule has 0 N–H and O–H groups in total. The summed E-state index contributed by atoms with van der Waals surface area (Å²) in [5.41, 5.74) is -0.376. The summed E-state index contributed by atoms with van der Waals surface area (Å²) in [5.74, 6) is 0.913. The summed E-state index contributed by atoms with van der Waals surface area (Å²) >= 11 is 0. The van der Waals surface area contributed by atoms with Gasteiger partial charge in [0.15, 0.2) is 5.54 Å². The van der Waals surface area contributed by atoms with E-state index >= 15 is 0 Å². The minimum atomic E-state index is -0.862. The Morgan fingerprint density at radius 1 is 0.627 bits per heavy atom. The minimum absolute atomic E-state index is 0.109. The third-order valence-corrected chi connectivity index (χ3v) is 9.71. The number of hydrogen-bond donors (Lipinski definition) is 0. The van der Waals surface area contributed by atoms with Gasteiger partial charge in [-0.05, 0) is 133 Å². The maximum absolute atomic E-state index is 12.9. The van der Waals surface area contributed by atoms with E-state index < -0.39 is 23.0 Å². The molecule has 0 unspecified atom stereocenters. The van der Waals surface area contributed by atoms with Crippen LogP contribution < -0.4 is 14.2 Å². The van der Waals surface area contributed by atoms with E-state index in [-0.39, 0.29) is 5.84 Å². The van der Waals surface area contributed by atoms with E-state index in [4.69, 9.17) is 18.9 Å². The molecule has 10 heteroatoms. The van der Waals surface area contributed by atoms with Crippen molar-refractivity contribution >= 4 is 17.8 Å². The zero-order chi connectivity index (χ0) is 36.9. The maximum Gasteiger partial charge on any atom is 0.343 e. The summed E-state index contributed by atoms with van der Waals surface area (Å²) in [4.78, 5) is 25.1. The Balaban J connectivity index is 1.07. The van der Waals surface area contributed by atoms with Crippen LogP contribution in [0, 0.1) is 5.21 Å². The molecule has 51 heavy (non-hydrogen) atoms. The molecule has 0 atom stereocenters. The van der Waals surface area contributed by atoms with Gasteiger partial charge in [0.25, 0.3) is 0 Å². The first-order valence-electron chi connectivity index (χ1n) is 18.2. The summed E-state index contributed by atoms with van der Waals surface area (Å²) < 4.78 is 23.3. The lowest BCUT2D eigenvalue weighted by molar-refractivity contribution is -0.539. The molecule has 1 aliphatic rings. The Hall–Kier alpha value is -4.57. The predicted octanol–water partition coefficient (Wildman–Crippen LogP) is 8.92. The zero-order valence-corrected chi connectivity index (χ0v) is 30.8. The molecule has 10 nitrogen and oxygen atoms in total. The Morgan fingerprint density at radius 2 is 1.08 bits per heavy atom. The third kappa shape index (κ3) is 10.5. The highest BCUT2D eigenvalue weighted by molar-refractivity contribution is 5.96. The van der Waals surface area contributed by atoms with Gasteiger partial charge < -0.3 is 24.2 Å². The van der Waals surface area contributed by atoms with Gasteiger partial charge in [0, 0.05) is 5.21 Å². The number of esters is 2. The number of benzene rings is 3. The standard InChI is InChI=1S/C41H53N2O8/c1-6-7-8-9-10-13-28-49-35-24-18-33(19-25-35)39(45)51-36-26-20-32(21-27-36)38(44)50-30-15-12-11-14-29-48-34-22-16-31(17-23-34)37-42(46)40(2,3)41(4,5)43(37)47/h16-27H,6-15,28-30H2,1-5H3. The van der Waals surface area contributed by atoms with E-state index in [1.54, 1.807) is 100 Å². The smallest absolute Gasteiger partial charge is 0.343 e. The first-order valence-corrected chi connectivity index (χ1v) is 18.2. The molecule has 0 aromatic heterocycles. The lowest BCUT2D eigenvalue weighted by Crippen LogP contribution is -2.53. The molecular formula is C41H53N2O8. The van der Waals surface area contributed by atoms with Gasteiger partial charge in [-0.15, -0.1) is 0 Å². The van der Waals surface area contributed by atoms with Crippen LogP contribution in [0.1, 0.15) is 125 Å². The van der Waals surface area contributed by atoms with Gasteiger partial charge >= 0.3 is 17.8 Å². The normalized spacial score (nSPS) is 14.7. The van der Waals surface area contributed by atoms with E-state index in [2.05, 4.69) is 6.92 Å². The van der Waals surface area contributed by atoms with Crippen LogP contribution in [0.2, 0.25) is 0 Å². The van der Waals surface area contributed by atoms with Crippen LogP contribution in [0.4, 0.5) is 0 Å². The number of rotatable bonds is 20. The Labute approximate surface area is 302 Å². The molecule has 0 saturated heterocycles. The van der Waals surface area contributed by atoms with E-state index in [0.717, 1.165) is 54.1 Å². The number of unbranched alkanes of at least 4 members (excludes halogenated alkanes) is 8. The zero-order valence-electron chi connectivity index (χ0n) is 30.8. The molecule has 0 bridgehead atoms. The Kier molecular flexibility index (Phi) is 14.3. The fourth-order valence-corrected chi connectivity index (χ4v) is 5.62. The van der Waals surface area contributed by atoms with Crippen molar-refractivity contribution in [2.24, 2.45) is 0 Å². The Morgan fingerprint density at radius 3 is 1.59 bits per heavy atom. The fraction of sp³-hybridized carbons (Fsp3) is 0.488. The SMILES string of the molecule is CCCCCCCCOc1ccc(C(=O)Oc2ccc(C(=O)OCCCCCCOc3ccc(C4=[N+]([O-])C(C)(C)C(C)(C)N4[O])cc3)cc2)cc1. The molecule has 4 rings (SSSR count). The van der Waals surface area contributed by atoms with Crippen molar-refractivity contribution in [3.8, 4) is 17.2 Å². The average Bonchev–Trinajstić information content (AvgIpc) is 3.24. The second-order valence-electron chi connectivity index (χ2n) is 14.0. The van der Waals surface area contributed by atoms with Crippen LogP contribution in [0.5, 0.6) is 17.2 Å². The van der Waals surface area contributed by atoms with E-state index in [1.807, 2.05) is 0 Å². The molecule has 1 radical (unpaired) electrons. The Bertz CT molecular complexity index is 1580. The first-order chi connectivity index (χ1) is 24.5. The highest BCUT2D eigenvalue weighted by Gasteiger charge is 2.59. The second kappa shape index (κ2) is 18.6. The van der Waals surface area contributed by atoms with Crippen molar-refractivity contribution < 1.29 is 38.5 Å². The van der Waals surface area contributed by atoms with Crippen LogP contribution >= 0.6 is 0 Å². The molecule has 0 amide bonds. The number of nitrogens with zero attached hydrogens (tertiary/aromatic N) is 2. The molecule has 275 valence electrons. The molecule has 0 spiro atoms. The lowest BCUT2D eigenvalue weighted by Gasteiger charge is -2.32. The molecule has 0 saturated carbocycles. The third-order valence-electron chi connectivity index (χ3n) is 9.71. The van der Waals surface area contributed by atoms with E-state index in [9.17, 15) is 20.0 Å². The van der Waals surface area contributed by atoms with Crippen molar-refractivity contribution in [1.82, 2.24) is 5.06 Å². The fourth-order valence-electron chi connectivity index (χ4n) is 5.62. The molecular weight excluding hydrogens is 648 g/mol. The van der Waals surface area contributed by atoms with E-state index in [1.165, 1.54) is 25.7 Å². The van der Waals surface area contributed by atoms with Gasteiger partial charge in [-0.3, -0.25) is 4.74 Å². The topological polar surface area (TPSA) is 120 Å². The van der Waals surface area contributed by atoms with Crippen LogP contribution in [0.3, 0.4) is 0 Å². The van der Waals surface area contributed by atoms with Crippen molar-refractivity contribution in [3.05, 3.63) is 94.7 Å². The van der Waals surface area contributed by atoms with Crippen LogP contribution in [-0.4, -0.2) is 58.5 Å². The molecule has 1 aliphatic heterocycles. The molecule has 3 aromatic rings. The van der Waals surface area contributed by atoms with Crippen LogP contribution in [0.15, 0.2) is 72.8 Å². The summed E-state index contributed by atoms with van der Waals surface area (Å²) in [6.45, 7) is 10.8. The summed E-state index contributed by atoms with van der Waals surface area (Å²) in [7, 11) is 0. The number of hydroxylamine groups is 3. The van der Waals surface area contributed by atoms with Gasteiger partial charge in [0.1, 0.15) is 22.8 Å². The molecule has 0 aliphatic carbocycles. The number of carbonyl (C=O) groups is 2. The first kappa shape index (κ1) is 39.2. The van der Waals surface area contributed by atoms with Gasteiger partial charge in [-0.1, -0.05) is 44.1 Å². The number of ether oxygens (including phenoxy) is 4. The van der Waals surface area contributed by atoms with Crippen molar-refractivity contribution in [2.75, 3.05) is 19.8 Å². The largest absolute Gasteiger partial charge is 0.714 e. The van der Waals surface area contributed by atoms with Gasteiger partial charge in [0.05, 0.1) is 36.5 Å². The highest BCUT2D eigenvalue weighted by Crippen LogP contribution is 2.37. The summed E-state index contributed by atoms with van der Waals surface area (Å²) in [6, 6.07) is 20.2. The lowest BCUT2D eigenvalue weighted by atomic mass is 9.84. The molecule has 1 heterocycles. The average molecular weight is 702 g/mol. The number of hydrogen-bond acceptors (Lipinski definition) is 8. The molecule has 3 aromatic carbocycles. The minimum Gasteiger partial charge on any atom is -0.714 e. The van der Waals surface area contributed by atoms with Gasteiger partial charge in [-0.25, -0.2) is 9.59 Å². The van der Waals surface area contributed by atoms with Gasteiger partial charge in [0.2, 0.25) is 0 Å². The van der Waals surface area contributed by atoms with Crippen molar-refractivity contribution in [1.29, 1.82) is 0 Å². The van der Waals surface area contributed by atoms with Crippen molar-refractivity contribution in [3.63, 3.8) is 0 Å². The predicted molar refractivity (Wildman–Crippen MR) is 196 cm³/mol. The monoisotopic (exact) mass is 701 g/mol. The van der Waals surface area contributed by atoms with Crippen molar-refractivity contribution in [2.45, 2.75) is 110 Å². The van der Waals surface area contributed by atoms with E-state index in [0.29, 0.717) is 48.0 Å². The summed E-state index contributed by atoms with van der Waals surface area (Å²) in [6.07, 6.45) is 10.5. The number of carbonyl (C=O) groups excluding carboxylic acids is 2. The second-order valence-corrected chi connectivity index (χ2v) is 14.0. The quantitative estimate of drug-likeness (QED) is 0.0377. The van der Waals surface area contributed by atoms with Crippen LogP contribution in [0.25, 0.3) is 0 Å². The number of amidine groups is 1. The highest BCUT2D eigenvalue weighted by atomic mass is 16.5. The van der Waals surface area contributed by atoms with Crippen LogP contribution in [-0.2, 0) is 9.94 Å². The van der Waals surface area contributed by atoms with Gasteiger partial charge in [-0.2, -0.15) is 0 Å². The molecule has 0 fully saturated rings.